The first-order chi connectivity index (χ1) is 13.6. The number of nitrogens with zero attached hydrogens (tertiary/aromatic N) is 5. The van der Waals surface area contributed by atoms with E-state index in [0.717, 1.165) is 13.1 Å². The van der Waals surface area contributed by atoms with Gasteiger partial charge in [-0.05, 0) is 53.7 Å². The van der Waals surface area contributed by atoms with Crippen LogP contribution in [0.4, 0.5) is 0 Å². The molecule has 1 aromatic carbocycles. The van der Waals surface area contributed by atoms with Gasteiger partial charge in [0.15, 0.2) is 0 Å². The molecule has 1 saturated heterocycles. The van der Waals surface area contributed by atoms with Crippen molar-refractivity contribution in [3.05, 3.63) is 59.7 Å². The molecule has 2 aliphatic rings. The van der Waals surface area contributed by atoms with Gasteiger partial charge in [-0.25, -0.2) is 9.50 Å². The Hall–Kier alpha value is -2.76. The van der Waals surface area contributed by atoms with E-state index >= 15 is 0 Å². The van der Waals surface area contributed by atoms with Gasteiger partial charge in [-0.15, -0.1) is 5.10 Å². The van der Waals surface area contributed by atoms with Crippen molar-refractivity contribution in [3.63, 3.8) is 0 Å². The Kier molecular flexibility index (Phi) is 4.14. The summed E-state index contributed by atoms with van der Waals surface area (Å²) in [7, 11) is 0. The molecule has 1 amide bonds. The number of carbonyl (C=O) groups excluding carboxylic acids is 1. The van der Waals surface area contributed by atoms with E-state index in [9.17, 15) is 4.79 Å². The minimum atomic E-state index is -0.0703. The molecule has 0 N–H and O–H groups in total. The summed E-state index contributed by atoms with van der Waals surface area (Å²) in [5.41, 5.74) is 2.99. The quantitative estimate of drug-likeness (QED) is 0.703. The maximum absolute atomic E-state index is 12.9. The molecule has 1 aliphatic heterocycles. The van der Waals surface area contributed by atoms with Gasteiger partial charge in [-0.2, -0.15) is 4.98 Å². The maximum Gasteiger partial charge on any atom is 0.293 e. The highest BCUT2D eigenvalue weighted by atomic mass is 16.2. The van der Waals surface area contributed by atoms with Gasteiger partial charge < -0.3 is 4.90 Å². The van der Waals surface area contributed by atoms with Gasteiger partial charge in [-0.1, -0.05) is 38.1 Å². The predicted molar refractivity (Wildman–Crippen MR) is 106 cm³/mol. The fourth-order valence-electron chi connectivity index (χ4n) is 5.09. The Bertz CT molecular complexity index is 979. The van der Waals surface area contributed by atoms with E-state index in [4.69, 9.17) is 0 Å². The van der Waals surface area contributed by atoms with Crippen molar-refractivity contribution in [2.75, 3.05) is 13.1 Å². The fraction of sp³-hybridized carbons (Fsp3) is 0.455. The summed E-state index contributed by atoms with van der Waals surface area (Å²) >= 11 is 0. The summed E-state index contributed by atoms with van der Waals surface area (Å²) in [6, 6.07) is 10.7. The van der Waals surface area contributed by atoms with Gasteiger partial charge >= 0.3 is 0 Å². The lowest BCUT2D eigenvalue weighted by Crippen LogP contribution is -2.30. The summed E-state index contributed by atoms with van der Waals surface area (Å²) in [5.74, 6) is 2.96. The molecule has 28 heavy (non-hydrogen) atoms. The summed E-state index contributed by atoms with van der Waals surface area (Å²) in [4.78, 5) is 23.3. The first kappa shape index (κ1) is 17.3. The largest absolute Gasteiger partial charge is 0.335 e. The highest BCUT2D eigenvalue weighted by Crippen LogP contribution is 2.47. The molecular formula is C22H25N5O. The van der Waals surface area contributed by atoms with Crippen molar-refractivity contribution < 1.29 is 4.79 Å². The average molecular weight is 375 g/mol. The van der Waals surface area contributed by atoms with Crippen LogP contribution in [0.5, 0.6) is 0 Å². The standard InChI is InChI=1S/C22H25N5O/c1-14(2)18-6-3-4-7-19(18)15-10-16-12-26(13-17(16)11-15)21(28)20-24-22-23-8-5-9-27(22)25-20/h3-9,14-17H,10-13H2,1-2H3/t15?,16-,17+. The second-order valence-electron chi connectivity index (χ2n) is 8.48. The molecule has 3 atom stereocenters. The lowest BCUT2D eigenvalue weighted by Gasteiger charge is -2.21. The number of aromatic nitrogens is 4. The van der Waals surface area contributed by atoms with Crippen LogP contribution >= 0.6 is 0 Å². The normalized spacial score (nSPS) is 24.2. The third kappa shape index (κ3) is 2.87. The van der Waals surface area contributed by atoms with Gasteiger partial charge in [0.2, 0.25) is 5.82 Å². The molecule has 5 rings (SSSR count). The molecule has 1 aliphatic carbocycles. The molecule has 0 spiro atoms. The van der Waals surface area contributed by atoms with Gasteiger partial charge in [-0.3, -0.25) is 4.79 Å². The van der Waals surface area contributed by atoms with Crippen LogP contribution in [0.1, 0.15) is 60.3 Å². The number of hydrogen-bond acceptors (Lipinski definition) is 4. The summed E-state index contributed by atoms with van der Waals surface area (Å²) < 4.78 is 1.56. The van der Waals surface area contributed by atoms with E-state index in [-0.39, 0.29) is 11.7 Å². The SMILES string of the molecule is CC(C)c1ccccc1C1C[C@@H]2CN(C(=O)c3nc4ncccn4n3)C[C@@H]2C1. The third-order valence-corrected chi connectivity index (χ3v) is 6.40. The molecule has 6 heteroatoms. The number of fused-ring (bicyclic) bond motifs is 2. The first-order valence-corrected chi connectivity index (χ1v) is 10.2. The number of carbonyl (C=O) groups is 1. The average Bonchev–Trinajstić information content (AvgIpc) is 3.39. The Labute approximate surface area is 164 Å². The highest BCUT2D eigenvalue weighted by molar-refractivity contribution is 5.91. The van der Waals surface area contributed by atoms with E-state index in [1.165, 1.54) is 24.0 Å². The minimum absolute atomic E-state index is 0.0703. The van der Waals surface area contributed by atoms with E-state index in [1.807, 2.05) is 4.90 Å². The molecular weight excluding hydrogens is 350 g/mol. The monoisotopic (exact) mass is 375 g/mol. The Morgan fingerprint density at radius 3 is 2.57 bits per heavy atom. The Morgan fingerprint density at radius 1 is 1.11 bits per heavy atom. The summed E-state index contributed by atoms with van der Waals surface area (Å²) in [6.45, 7) is 6.16. The van der Waals surface area contributed by atoms with Gasteiger partial charge in [0.1, 0.15) is 0 Å². The maximum atomic E-state index is 12.9. The number of rotatable bonds is 3. The molecule has 1 saturated carbocycles. The van der Waals surface area contributed by atoms with Gasteiger partial charge in [0.05, 0.1) is 0 Å². The summed E-state index contributed by atoms with van der Waals surface area (Å²) in [6.07, 6.45) is 5.76. The molecule has 1 unspecified atom stereocenters. The second kappa shape index (κ2) is 6.69. The smallest absolute Gasteiger partial charge is 0.293 e. The van der Waals surface area contributed by atoms with Crippen molar-refractivity contribution in [1.82, 2.24) is 24.5 Å². The van der Waals surface area contributed by atoms with Crippen LogP contribution in [0.2, 0.25) is 0 Å². The van der Waals surface area contributed by atoms with Crippen molar-refractivity contribution in [2.45, 2.75) is 38.5 Å². The lowest BCUT2D eigenvalue weighted by molar-refractivity contribution is 0.0768. The van der Waals surface area contributed by atoms with Gasteiger partial charge in [0.25, 0.3) is 11.7 Å². The number of likely N-dealkylation sites (tertiary alicyclic amines) is 1. The zero-order chi connectivity index (χ0) is 19.3. The molecule has 0 radical (unpaired) electrons. The molecule has 144 valence electrons. The molecule has 6 nitrogen and oxygen atoms in total. The Morgan fingerprint density at radius 2 is 1.86 bits per heavy atom. The third-order valence-electron chi connectivity index (χ3n) is 6.40. The molecule has 3 heterocycles. The van der Waals surface area contributed by atoms with Crippen LogP contribution in [0.3, 0.4) is 0 Å². The number of hydrogen-bond donors (Lipinski definition) is 0. The van der Waals surface area contributed by atoms with Crippen molar-refractivity contribution in [3.8, 4) is 0 Å². The van der Waals surface area contributed by atoms with E-state index in [0.29, 0.717) is 29.4 Å². The molecule has 2 aromatic heterocycles. The fourth-order valence-corrected chi connectivity index (χ4v) is 5.09. The molecule has 2 fully saturated rings. The van der Waals surface area contributed by atoms with E-state index in [2.05, 4.69) is 53.2 Å². The van der Waals surface area contributed by atoms with Crippen molar-refractivity contribution in [1.29, 1.82) is 0 Å². The van der Waals surface area contributed by atoms with Crippen LogP contribution in [-0.2, 0) is 0 Å². The first-order valence-electron chi connectivity index (χ1n) is 10.2. The highest BCUT2D eigenvalue weighted by Gasteiger charge is 2.43. The van der Waals surface area contributed by atoms with E-state index in [1.54, 1.807) is 23.0 Å². The van der Waals surface area contributed by atoms with Crippen molar-refractivity contribution in [2.24, 2.45) is 11.8 Å². The second-order valence-corrected chi connectivity index (χ2v) is 8.48. The molecule has 3 aromatic rings. The predicted octanol–water partition coefficient (Wildman–Crippen LogP) is 3.51. The zero-order valence-electron chi connectivity index (χ0n) is 16.3. The summed E-state index contributed by atoms with van der Waals surface area (Å²) in [5, 5.41) is 4.30. The van der Waals surface area contributed by atoms with Crippen LogP contribution in [0.25, 0.3) is 5.78 Å². The Balaban J connectivity index is 1.30. The van der Waals surface area contributed by atoms with Gasteiger partial charge in [0, 0.05) is 25.5 Å². The van der Waals surface area contributed by atoms with Crippen LogP contribution in [0, 0.1) is 11.8 Å². The van der Waals surface area contributed by atoms with E-state index < -0.39 is 0 Å². The van der Waals surface area contributed by atoms with Crippen LogP contribution in [-0.4, -0.2) is 43.5 Å². The lowest BCUT2D eigenvalue weighted by atomic mass is 9.87. The number of amides is 1. The topological polar surface area (TPSA) is 63.4 Å². The minimum Gasteiger partial charge on any atom is -0.335 e. The van der Waals surface area contributed by atoms with Crippen LogP contribution < -0.4 is 0 Å². The zero-order valence-corrected chi connectivity index (χ0v) is 16.3. The van der Waals surface area contributed by atoms with Crippen molar-refractivity contribution >= 4 is 11.7 Å². The number of benzene rings is 1. The molecule has 0 bridgehead atoms. The van der Waals surface area contributed by atoms with Crippen LogP contribution in [0.15, 0.2) is 42.7 Å².